The number of nitrogens with zero attached hydrogens (tertiary/aromatic N) is 1. The molecule has 2 nitrogen and oxygen atoms in total. The van der Waals surface area contributed by atoms with E-state index in [1.165, 1.54) is 44.9 Å². The number of nitrogens with one attached hydrogen (secondary N) is 1. The lowest BCUT2D eigenvalue weighted by Crippen LogP contribution is -2.29. The molecule has 1 N–H and O–H groups in total. The van der Waals surface area contributed by atoms with E-state index >= 15 is 0 Å². The third-order valence-corrected chi connectivity index (χ3v) is 3.49. The van der Waals surface area contributed by atoms with Crippen LogP contribution in [0.1, 0.15) is 44.9 Å². The van der Waals surface area contributed by atoms with Crippen molar-refractivity contribution in [2.24, 2.45) is 5.92 Å². The molecular weight excluding hydrogens is 160 g/mol. The van der Waals surface area contributed by atoms with Gasteiger partial charge in [-0.3, -0.25) is 0 Å². The van der Waals surface area contributed by atoms with Crippen molar-refractivity contribution < 1.29 is 0 Å². The molecule has 1 radical (unpaired) electrons. The minimum atomic E-state index is 0.651. The fourth-order valence-electron chi connectivity index (χ4n) is 2.65. The summed E-state index contributed by atoms with van der Waals surface area (Å²) in [6.07, 6.45) is 10.1. The van der Waals surface area contributed by atoms with Crippen LogP contribution in [0.4, 0.5) is 0 Å². The van der Waals surface area contributed by atoms with Gasteiger partial charge in [0.25, 0.3) is 0 Å². The zero-order valence-electron chi connectivity index (χ0n) is 8.47. The van der Waals surface area contributed by atoms with Crippen LogP contribution in [0.5, 0.6) is 0 Å². The molecule has 1 saturated carbocycles. The van der Waals surface area contributed by atoms with Crippen LogP contribution in [0.25, 0.3) is 0 Å². The largest absolute Gasteiger partial charge is 0.302 e. The van der Waals surface area contributed by atoms with Gasteiger partial charge in [-0.05, 0) is 18.8 Å². The minimum Gasteiger partial charge on any atom is -0.302 e. The van der Waals surface area contributed by atoms with Crippen molar-refractivity contribution in [3.8, 4) is 0 Å². The van der Waals surface area contributed by atoms with Crippen LogP contribution in [-0.4, -0.2) is 19.3 Å². The maximum absolute atomic E-state index is 4.62. The number of hydrogen-bond donors (Lipinski definition) is 1. The fourth-order valence-corrected chi connectivity index (χ4v) is 2.65. The average Bonchev–Trinajstić information content (AvgIpc) is 2.55. The molecule has 0 aromatic heterocycles. The normalized spacial score (nSPS) is 32.8. The van der Waals surface area contributed by atoms with Crippen LogP contribution in [0, 0.1) is 5.92 Å². The number of hydrogen-bond acceptors (Lipinski definition) is 1. The highest BCUT2D eigenvalue weighted by molar-refractivity contribution is 4.82. The molecule has 75 valence electrons. The van der Waals surface area contributed by atoms with Crippen LogP contribution in [-0.2, 0) is 0 Å². The van der Waals surface area contributed by atoms with Crippen LogP contribution in [0.3, 0.4) is 0 Å². The molecule has 0 bridgehead atoms. The molecule has 0 aromatic rings. The SMILES string of the molecule is C1CCCC(C2CNC[N]2)CCC1. The molecule has 1 saturated heterocycles. The Hall–Kier alpha value is -0.0800. The Kier molecular flexibility index (Phi) is 3.62. The maximum atomic E-state index is 4.62. The second-order valence-corrected chi connectivity index (χ2v) is 4.47. The zero-order chi connectivity index (χ0) is 8.93. The van der Waals surface area contributed by atoms with Gasteiger partial charge in [0.1, 0.15) is 0 Å². The molecule has 2 aliphatic rings. The van der Waals surface area contributed by atoms with E-state index in [2.05, 4.69) is 10.6 Å². The molecule has 1 aliphatic heterocycles. The van der Waals surface area contributed by atoms with Crippen molar-refractivity contribution in [1.82, 2.24) is 10.6 Å². The molecule has 2 heteroatoms. The quantitative estimate of drug-likeness (QED) is 0.657. The third-order valence-electron chi connectivity index (χ3n) is 3.49. The van der Waals surface area contributed by atoms with Crippen molar-refractivity contribution in [3.63, 3.8) is 0 Å². The third kappa shape index (κ3) is 2.68. The lowest BCUT2D eigenvalue weighted by Gasteiger charge is -2.24. The zero-order valence-corrected chi connectivity index (χ0v) is 8.47. The first kappa shape index (κ1) is 9.47. The summed E-state index contributed by atoms with van der Waals surface area (Å²) in [5, 5.41) is 7.96. The van der Waals surface area contributed by atoms with E-state index in [4.69, 9.17) is 0 Å². The van der Waals surface area contributed by atoms with E-state index in [0.717, 1.165) is 19.1 Å². The van der Waals surface area contributed by atoms with Gasteiger partial charge in [-0.25, -0.2) is 5.32 Å². The van der Waals surface area contributed by atoms with Gasteiger partial charge in [-0.1, -0.05) is 32.1 Å². The van der Waals surface area contributed by atoms with E-state index in [0.29, 0.717) is 6.04 Å². The van der Waals surface area contributed by atoms with Crippen LogP contribution >= 0.6 is 0 Å². The first-order valence-corrected chi connectivity index (χ1v) is 5.84. The van der Waals surface area contributed by atoms with Crippen LogP contribution in [0.2, 0.25) is 0 Å². The highest BCUT2D eigenvalue weighted by Crippen LogP contribution is 2.25. The monoisotopic (exact) mass is 181 g/mol. The van der Waals surface area contributed by atoms with E-state index < -0.39 is 0 Å². The van der Waals surface area contributed by atoms with E-state index in [9.17, 15) is 0 Å². The molecule has 1 atom stereocenters. The molecule has 1 heterocycles. The van der Waals surface area contributed by atoms with Crippen molar-refractivity contribution in [3.05, 3.63) is 0 Å². The summed E-state index contributed by atoms with van der Waals surface area (Å²) in [5.74, 6) is 0.898. The Morgan fingerprint density at radius 1 is 0.923 bits per heavy atom. The predicted molar refractivity (Wildman–Crippen MR) is 54.6 cm³/mol. The molecule has 2 fully saturated rings. The Balaban J connectivity index is 1.80. The Bertz CT molecular complexity index is 133. The summed E-state index contributed by atoms with van der Waals surface area (Å²) in [4.78, 5) is 0. The van der Waals surface area contributed by atoms with Gasteiger partial charge in [0.05, 0.1) is 6.67 Å². The van der Waals surface area contributed by atoms with Crippen molar-refractivity contribution in [1.29, 1.82) is 0 Å². The highest BCUT2D eigenvalue weighted by Gasteiger charge is 2.25. The van der Waals surface area contributed by atoms with Gasteiger partial charge >= 0.3 is 0 Å². The molecule has 2 rings (SSSR count). The van der Waals surface area contributed by atoms with Gasteiger partial charge in [-0.15, -0.1) is 0 Å². The van der Waals surface area contributed by atoms with Gasteiger partial charge in [0.2, 0.25) is 0 Å². The molecular formula is C11H21N2. The lowest BCUT2D eigenvalue weighted by molar-refractivity contribution is 0.311. The van der Waals surface area contributed by atoms with Gasteiger partial charge in [-0.2, -0.15) is 0 Å². The first-order chi connectivity index (χ1) is 6.47. The van der Waals surface area contributed by atoms with E-state index in [1.54, 1.807) is 0 Å². The van der Waals surface area contributed by atoms with Gasteiger partial charge in [0, 0.05) is 12.6 Å². The lowest BCUT2D eigenvalue weighted by atomic mass is 9.86. The van der Waals surface area contributed by atoms with Crippen molar-refractivity contribution in [2.45, 2.75) is 51.0 Å². The summed E-state index contributed by atoms with van der Waals surface area (Å²) in [6, 6.07) is 0.651. The second kappa shape index (κ2) is 4.97. The smallest absolute Gasteiger partial charge is 0.0628 e. The molecule has 0 aromatic carbocycles. The van der Waals surface area contributed by atoms with Crippen LogP contribution < -0.4 is 10.6 Å². The van der Waals surface area contributed by atoms with Gasteiger partial charge in [0.15, 0.2) is 0 Å². The number of rotatable bonds is 1. The molecule has 1 unspecified atom stereocenters. The molecule has 1 aliphatic carbocycles. The van der Waals surface area contributed by atoms with Crippen molar-refractivity contribution in [2.75, 3.05) is 13.2 Å². The standard InChI is InChI=1S/C11H21N2/c1-2-4-6-10(7-5-3-1)11-8-12-9-13-11/h10-12H,1-9H2. The summed E-state index contributed by atoms with van der Waals surface area (Å²) in [5.41, 5.74) is 0. The Morgan fingerprint density at radius 3 is 2.23 bits per heavy atom. The van der Waals surface area contributed by atoms with Gasteiger partial charge < -0.3 is 5.32 Å². The summed E-state index contributed by atoms with van der Waals surface area (Å²) in [7, 11) is 0. The summed E-state index contributed by atoms with van der Waals surface area (Å²) < 4.78 is 0. The minimum absolute atomic E-state index is 0.651. The maximum Gasteiger partial charge on any atom is 0.0628 e. The van der Waals surface area contributed by atoms with Crippen molar-refractivity contribution >= 4 is 0 Å². The molecule has 0 spiro atoms. The Morgan fingerprint density at radius 2 is 1.62 bits per heavy atom. The van der Waals surface area contributed by atoms with Crippen LogP contribution in [0.15, 0.2) is 0 Å². The second-order valence-electron chi connectivity index (χ2n) is 4.47. The highest BCUT2D eigenvalue weighted by atomic mass is 15.2. The van der Waals surface area contributed by atoms with E-state index in [-0.39, 0.29) is 0 Å². The molecule has 0 amide bonds. The predicted octanol–water partition coefficient (Wildman–Crippen LogP) is 1.88. The fraction of sp³-hybridized carbons (Fsp3) is 1.00. The average molecular weight is 181 g/mol. The molecule has 13 heavy (non-hydrogen) atoms. The summed E-state index contributed by atoms with van der Waals surface area (Å²) >= 11 is 0. The topological polar surface area (TPSA) is 26.1 Å². The first-order valence-electron chi connectivity index (χ1n) is 5.84. The van der Waals surface area contributed by atoms with E-state index in [1.807, 2.05) is 0 Å². The Labute approximate surface area is 81.5 Å². The summed E-state index contributed by atoms with van der Waals surface area (Å²) in [6.45, 7) is 2.05.